The highest BCUT2D eigenvalue weighted by Gasteiger charge is 2.21. The molecule has 1 rings (SSSR count). The van der Waals surface area contributed by atoms with Crippen LogP contribution in [-0.2, 0) is 0 Å². The highest BCUT2D eigenvalue weighted by molar-refractivity contribution is 5.25. The number of nitrogens with two attached hydrogens (primary N) is 1. The molecule has 0 spiro atoms. The molecule has 0 aliphatic heterocycles. The van der Waals surface area contributed by atoms with E-state index >= 15 is 0 Å². The van der Waals surface area contributed by atoms with Crippen molar-refractivity contribution in [2.75, 3.05) is 6.54 Å². The Morgan fingerprint density at radius 3 is 2.62 bits per heavy atom. The summed E-state index contributed by atoms with van der Waals surface area (Å²) in [7, 11) is 0. The molecule has 0 fully saturated rings. The van der Waals surface area contributed by atoms with Crippen LogP contribution in [0.4, 0.5) is 4.39 Å². The minimum absolute atomic E-state index is 0.0674. The minimum Gasteiger partial charge on any atom is -0.388 e. The van der Waals surface area contributed by atoms with E-state index in [0.29, 0.717) is 12.1 Å². The van der Waals surface area contributed by atoms with Crippen LogP contribution in [0.1, 0.15) is 37.0 Å². The fourth-order valence-electron chi connectivity index (χ4n) is 1.90. The van der Waals surface area contributed by atoms with E-state index in [1.807, 2.05) is 13.8 Å². The van der Waals surface area contributed by atoms with Gasteiger partial charge in [-0.05, 0) is 31.5 Å². The fraction of sp³-hybridized carbons (Fsp3) is 0.538. The molecule has 90 valence electrons. The molecule has 1 aromatic carbocycles. The molecule has 0 saturated carbocycles. The molecule has 1 aromatic rings. The van der Waals surface area contributed by atoms with Crippen molar-refractivity contribution in [2.45, 2.75) is 32.8 Å². The Morgan fingerprint density at radius 1 is 1.44 bits per heavy atom. The molecule has 2 nitrogen and oxygen atoms in total. The Morgan fingerprint density at radius 2 is 2.12 bits per heavy atom. The molecule has 0 amide bonds. The molecule has 3 heteroatoms. The first-order valence-electron chi connectivity index (χ1n) is 5.74. The van der Waals surface area contributed by atoms with E-state index in [9.17, 15) is 9.50 Å². The zero-order chi connectivity index (χ0) is 12.1. The van der Waals surface area contributed by atoms with Gasteiger partial charge in [-0.2, -0.15) is 0 Å². The van der Waals surface area contributed by atoms with Gasteiger partial charge in [0.05, 0.1) is 6.10 Å². The van der Waals surface area contributed by atoms with Crippen molar-refractivity contribution < 1.29 is 9.50 Å². The summed E-state index contributed by atoms with van der Waals surface area (Å²) in [4.78, 5) is 0. The summed E-state index contributed by atoms with van der Waals surface area (Å²) in [5, 5.41) is 10.1. The minimum atomic E-state index is -0.800. The van der Waals surface area contributed by atoms with Gasteiger partial charge < -0.3 is 10.8 Å². The molecule has 3 N–H and O–H groups in total. The van der Waals surface area contributed by atoms with Gasteiger partial charge in [-0.1, -0.05) is 25.5 Å². The summed E-state index contributed by atoms with van der Waals surface area (Å²) in [6, 6.07) is 4.90. The first-order chi connectivity index (χ1) is 7.60. The molecule has 2 atom stereocenters. The zero-order valence-electron chi connectivity index (χ0n) is 9.91. The van der Waals surface area contributed by atoms with Gasteiger partial charge in [0.1, 0.15) is 5.82 Å². The second-order valence-electron chi connectivity index (χ2n) is 4.25. The summed E-state index contributed by atoms with van der Waals surface area (Å²) < 4.78 is 13.6. The predicted octanol–water partition coefficient (Wildman–Crippen LogP) is 2.54. The number of aryl methyl sites for hydroxylation is 1. The molecular weight excluding hydrogens is 205 g/mol. The van der Waals surface area contributed by atoms with Crippen molar-refractivity contribution in [2.24, 2.45) is 11.7 Å². The van der Waals surface area contributed by atoms with Crippen LogP contribution in [0.2, 0.25) is 0 Å². The molecule has 0 aliphatic rings. The molecule has 2 unspecified atom stereocenters. The number of hydrogen-bond acceptors (Lipinski definition) is 2. The predicted molar refractivity (Wildman–Crippen MR) is 63.5 cm³/mol. The van der Waals surface area contributed by atoms with Gasteiger partial charge in [-0.15, -0.1) is 0 Å². The third-order valence-electron chi connectivity index (χ3n) is 2.88. The van der Waals surface area contributed by atoms with Crippen molar-refractivity contribution in [3.8, 4) is 0 Å². The van der Waals surface area contributed by atoms with Crippen molar-refractivity contribution in [1.82, 2.24) is 0 Å². The lowest BCUT2D eigenvalue weighted by Crippen LogP contribution is -2.22. The van der Waals surface area contributed by atoms with E-state index in [0.717, 1.165) is 18.4 Å². The van der Waals surface area contributed by atoms with Gasteiger partial charge >= 0.3 is 0 Å². The molecule has 0 bridgehead atoms. The van der Waals surface area contributed by atoms with Crippen LogP contribution in [0, 0.1) is 18.7 Å². The largest absolute Gasteiger partial charge is 0.388 e. The molecule has 0 aliphatic carbocycles. The van der Waals surface area contributed by atoms with E-state index in [-0.39, 0.29) is 11.7 Å². The Hall–Kier alpha value is -0.930. The van der Waals surface area contributed by atoms with Gasteiger partial charge in [0.15, 0.2) is 0 Å². The van der Waals surface area contributed by atoms with Crippen LogP contribution >= 0.6 is 0 Å². The average molecular weight is 225 g/mol. The van der Waals surface area contributed by atoms with Gasteiger partial charge in [0, 0.05) is 11.5 Å². The standard InChI is InChI=1S/C13H20FNO/c1-3-4-10(8-15)13(16)11-6-5-9(2)7-12(11)14/h5-7,10,13,16H,3-4,8,15H2,1-2H3. The third kappa shape index (κ3) is 3.03. The fourth-order valence-corrected chi connectivity index (χ4v) is 1.90. The van der Waals surface area contributed by atoms with Crippen LogP contribution in [-0.4, -0.2) is 11.7 Å². The number of benzene rings is 1. The topological polar surface area (TPSA) is 46.2 Å². The number of aliphatic hydroxyl groups excluding tert-OH is 1. The Bertz CT molecular complexity index is 341. The summed E-state index contributed by atoms with van der Waals surface area (Å²) in [5.41, 5.74) is 6.81. The van der Waals surface area contributed by atoms with Crippen molar-refractivity contribution in [1.29, 1.82) is 0 Å². The van der Waals surface area contributed by atoms with Gasteiger partial charge in [0.25, 0.3) is 0 Å². The van der Waals surface area contributed by atoms with E-state index in [2.05, 4.69) is 0 Å². The van der Waals surface area contributed by atoms with Gasteiger partial charge in [-0.25, -0.2) is 4.39 Å². The molecule has 16 heavy (non-hydrogen) atoms. The number of halogens is 1. The van der Waals surface area contributed by atoms with Crippen LogP contribution in [0.5, 0.6) is 0 Å². The highest BCUT2D eigenvalue weighted by atomic mass is 19.1. The zero-order valence-corrected chi connectivity index (χ0v) is 9.91. The van der Waals surface area contributed by atoms with Crippen molar-refractivity contribution in [3.63, 3.8) is 0 Å². The van der Waals surface area contributed by atoms with Gasteiger partial charge in [0.2, 0.25) is 0 Å². The molecular formula is C13H20FNO. The monoisotopic (exact) mass is 225 g/mol. The number of hydrogen-bond donors (Lipinski definition) is 2. The maximum absolute atomic E-state index is 13.6. The average Bonchev–Trinajstić information content (AvgIpc) is 2.25. The van der Waals surface area contributed by atoms with Gasteiger partial charge in [-0.3, -0.25) is 0 Å². The first kappa shape index (κ1) is 13.1. The highest BCUT2D eigenvalue weighted by Crippen LogP contribution is 2.27. The van der Waals surface area contributed by atoms with Crippen LogP contribution in [0.15, 0.2) is 18.2 Å². The molecule has 0 radical (unpaired) electrons. The Labute approximate surface area is 96.3 Å². The maximum atomic E-state index is 13.6. The third-order valence-corrected chi connectivity index (χ3v) is 2.88. The quantitative estimate of drug-likeness (QED) is 0.809. The molecule has 0 aromatic heterocycles. The smallest absolute Gasteiger partial charge is 0.129 e. The van der Waals surface area contributed by atoms with Crippen LogP contribution in [0.3, 0.4) is 0 Å². The summed E-state index contributed by atoms with van der Waals surface area (Å²) in [6.07, 6.45) is 0.947. The summed E-state index contributed by atoms with van der Waals surface area (Å²) in [5.74, 6) is -0.413. The molecule has 0 saturated heterocycles. The van der Waals surface area contributed by atoms with E-state index in [4.69, 9.17) is 5.73 Å². The van der Waals surface area contributed by atoms with Crippen molar-refractivity contribution >= 4 is 0 Å². The number of rotatable bonds is 5. The van der Waals surface area contributed by atoms with Crippen LogP contribution < -0.4 is 5.73 Å². The first-order valence-corrected chi connectivity index (χ1v) is 5.74. The lowest BCUT2D eigenvalue weighted by atomic mass is 9.91. The van der Waals surface area contributed by atoms with E-state index < -0.39 is 6.10 Å². The van der Waals surface area contributed by atoms with Crippen LogP contribution in [0.25, 0.3) is 0 Å². The molecule has 0 heterocycles. The second-order valence-corrected chi connectivity index (χ2v) is 4.25. The number of aliphatic hydroxyl groups is 1. The lowest BCUT2D eigenvalue weighted by Gasteiger charge is -2.21. The normalized spacial score (nSPS) is 14.8. The van der Waals surface area contributed by atoms with E-state index in [1.165, 1.54) is 6.07 Å². The summed E-state index contributed by atoms with van der Waals surface area (Å²) in [6.45, 7) is 4.23. The van der Waals surface area contributed by atoms with Crippen molar-refractivity contribution in [3.05, 3.63) is 35.1 Å². The maximum Gasteiger partial charge on any atom is 0.129 e. The summed E-state index contributed by atoms with van der Waals surface area (Å²) >= 11 is 0. The lowest BCUT2D eigenvalue weighted by molar-refractivity contribution is 0.103. The van der Waals surface area contributed by atoms with E-state index in [1.54, 1.807) is 12.1 Å². The Balaban J connectivity index is 2.89. The Kier molecular flexibility index (Phi) is 4.90. The second kappa shape index (κ2) is 5.97. The SMILES string of the molecule is CCCC(CN)C(O)c1ccc(C)cc1F.